The van der Waals surface area contributed by atoms with Crippen LogP contribution in [0.15, 0.2) is 28.7 Å². The van der Waals surface area contributed by atoms with Crippen LogP contribution in [0.3, 0.4) is 0 Å². The summed E-state index contributed by atoms with van der Waals surface area (Å²) in [6.07, 6.45) is 2.64. The van der Waals surface area contributed by atoms with Gasteiger partial charge in [-0.15, -0.1) is 0 Å². The lowest BCUT2D eigenvalue weighted by Crippen LogP contribution is -2.34. The third kappa shape index (κ3) is 4.41. The van der Waals surface area contributed by atoms with E-state index in [1.54, 1.807) is 0 Å². The molecule has 2 nitrogen and oxygen atoms in total. The maximum Gasteiger partial charge on any atom is 0.0231 e. The molecule has 1 fully saturated rings. The first-order chi connectivity index (χ1) is 8.24. The molecule has 1 aromatic carbocycles. The topological polar surface area (TPSA) is 15.3 Å². The molecule has 0 aliphatic carbocycles. The minimum Gasteiger partial charge on any atom is -0.317 e. The number of benzene rings is 1. The number of halogens is 1. The minimum absolute atomic E-state index is 0.869. The fourth-order valence-corrected chi connectivity index (χ4v) is 2.96. The van der Waals surface area contributed by atoms with Crippen molar-refractivity contribution in [3.8, 4) is 0 Å². The van der Waals surface area contributed by atoms with E-state index >= 15 is 0 Å². The Kier molecular flexibility index (Phi) is 5.01. The molecule has 3 heteroatoms. The van der Waals surface area contributed by atoms with Crippen molar-refractivity contribution in [3.63, 3.8) is 0 Å². The summed E-state index contributed by atoms with van der Waals surface area (Å²) in [5.41, 5.74) is 1.39. The third-order valence-corrected chi connectivity index (χ3v) is 3.86. The average molecular weight is 297 g/mol. The fourth-order valence-electron chi connectivity index (χ4n) is 2.52. The van der Waals surface area contributed by atoms with Crippen molar-refractivity contribution < 1.29 is 0 Å². The fraction of sp³-hybridized carbons (Fsp3) is 0.571. The van der Waals surface area contributed by atoms with E-state index in [4.69, 9.17) is 0 Å². The molecule has 0 spiro atoms. The van der Waals surface area contributed by atoms with Crippen molar-refractivity contribution in [1.82, 2.24) is 10.2 Å². The lowest BCUT2D eigenvalue weighted by molar-refractivity contribution is 0.234. The molecular formula is C14H21BrN2. The first kappa shape index (κ1) is 13.1. The van der Waals surface area contributed by atoms with Gasteiger partial charge in [0, 0.05) is 17.6 Å². The van der Waals surface area contributed by atoms with Crippen LogP contribution < -0.4 is 5.32 Å². The van der Waals surface area contributed by atoms with Crippen LogP contribution >= 0.6 is 15.9 Å². The van der Waals surface area contributed by atoms with Gasteiger partial charge in [-0.1, -0.05) is 28.1 Å². The predicted octanol–water partition coefficient (Wildman–Crippen LogP) is 2.88. The lowest BCUT2D eigenvalue weighted by Gasteiger charge is -2.27. The second-order valence-corrected chi connectivity index (χ2v) is 5.94. The van der Waals surface area contributed by atoms with Gasteiger partial charge in [0.2, 0.25) is 0 Å². The molecule has 1 aliphatic rings. The van der Waals surface area contributed by atoms with Gasteiger partial charge in [0.25, 0.3) is 0 Å². The Morgan fingerprint density at radius 2 is 2.12 bits per heavy atom. The maximum atomic E-state index is 3.52. The van der Waals surface area contributed by atoms with E-state index in [1.807, 2.05) is 0 Å². The highest BCUT2D eigenvalue weighted by atomic mass is 79.9. The van der Waals surface area contributed by atoms with Crippen molar-refractivity contribution in [2.75, 3.05) is 26.7 Å². The van der Waals surface area contributed by atoms with Crippen molar-refractivity contribution in [3.05, 3.63) is 34.3 Å². The Labute approximate surface area is 113 Å². The van der Waals surface area contributed by atoms with Gasteiger partial charge >= 0.3 is 0 Å². The molecule has 1 aromatic rings. The number of hydrogen-bond donors (Lipinski definition) is 1. The van der Waals surface area contributed by atoms with E-state index in [9.17, 15) is 0 Å². The van der Waals surface area contributed by atoms with Crippen molar-refractivity contribution in [2.24, 2.45) is 5.92 Å². The summed E-state index contributed by atoms with van der Waals surface area (Å²) in [6, 6.07) is 8.59. The van der Waals surface area contributed by atoms with E-state index in [0.717, 1.165) is 12.5 Å². The molecule has 0 radical (unpaired) electrons. The molecule has 94 valence electrons. The zero-order valence-electron chi connectivity index (χ0n) is 10.5. The van der Waals surface area contributed by atoms with Crippen molar-refractivity contribution >= 4 is 15.9 Å². The molecule has 0 amide bonds. The summed E-state index contributed by atoms with van der Waals surface area (Å²) in [5, 5.41) is 3.42. The van der Waals surface area contributed by atoms with Crippen LogP contribution in [0.1, 0.15) is 18.4 Å². The first-order valence-corrected chi connectivity index (χ1v) is 7.17. The molecule has 17 heavy (non-hydrogen) atoms. The standard InChI is InChI=1S/C14H21BrN2/c1-17(10-12-5-7-16-8-6-12)11-13-3-2-4-14(15)9-13/h2-4,9,12,16H,5-8,10-11H2,1H3. The van der Waals surface area contributed by atoms with Crippen LogP contribution in [0.5, 0.6) is 0 Å². The van der Waals surface area contributed by atoms with Crippen LogP contribution in [0, 0.1) is 5.92 Å². The molecular weight excluding hydrogens is 276 g/mol. The number of nitrogens with one attached hydrogen (secondary N) is 1. The smallest absolute Gasteiger partial charge is 0.0231 e. The summed E-state index contributed by atoms with van der Waals surface area (Å²) in [6.45, 7) is 4.64. The van der Waals surface area contributed by atoms with Gasteiger partial charge in [-0.3, -0.25) is 0 Å². The zero-order valence-corrected chi connectivity index (χ0v) is 12.0. The second-order valence-electron chi connectivity index (χ2n) is 5.02. The Bertz CT molecular complexity index is 348. The van der Waals surface area contributed by atoms with Crippen LogP contribution in [0.25, 0.3) is 0 Å². The molecule has 1 aliphatic heterocycles. The van der Waals surface area contributed by atoms with E-state index in [1.165, 1.54) is 42.5 Å². The number of rotatable bonds is 4. The lowest BCUT2D eigenvalue weighted by atomic mass is 9.97. The SMILES string of the molecule is CN(Cc1cccc(Br)c1)CC1CCNCC1. The van der Waals surface area contributed by atoms with Crippen molar-refractivity contribution in [2.45, 2.75) is 19.4 Å². The molecule has 2 rings (SSSR count). The molecule has 0 unspecified atom stereocenters. The van der Waals surface area contributed by atoms with E-state index < -0.39 is 0 Å². The highest BCUT2D eigenvalue weighted by Crippen LogP contribution is 2.16. The second kappa shape index (κ2) is 6.53. The summed E-state index contributed by atoms with van der Waals surface area (Å²) in [7, 11) is 2.23. The predicted molar refractivity (Wildman–Crippen MR) is 76.1 cm³/mol. The molecule has 1 saturated heterocycles. The van der Waals surface area contributed by atoms with Gasteiger partial charge in [-0.25, -0.2) is 0 Å². The summed E-state index contributed by atoms with van der Waals surface area (Å²) < 4.78 is 1.17. The van der Waals surface area contributed by atoms with Crippen LogP contribution in [0.2, 0.25) is 0 Å². The monoisotopic (exact) mass is 296 g/mol. The maximum absolute atomic E-state index is 3.52. The third-order valence-electron chi connectivity index (χ3n) is 3.37. The van der Waals surface area contributed by atoms with Crippen LogP contribution in [0.4, 0.5) is 0 Å². The highest BCUT2D eigenvalue weighted by molar-refractivity contribution is 9.10. The molecule has 0 atom stereocenters. The van der Waals surface area contributed by atoms with Crippen LogP contribution in [-0.2, 0) is 6.54 Å². The number of piperidine rings is 1. The molecule has 0 bridgehead atoms. The van der Waals surface area contributed by atoms with Gasteiger partial charge in [0.1, 0.15) is 0 Å². The summed E-state index contributed by atoms with van der Waals surface area (Å²) >= 11 is 3.52. The molecule has 1 heterocycles. The Hall–Kier alpha value is -0.380. The average Bonchev–Trinajstić information content (AvgIpc) is 2.30. The minimum atomic E-state index is 0.869. The largest absolute Gasteiger partial charge is 0.317 e. The van der Waals surface area contributed by atoms with Gasteiger partial charge < -0.3 is 10.2 Å². The van der Waals surface area contributed by atoms with Gasteiger partial charge in [0.15, 0.2) is 0 Å². The number of hydrogen-bond acceptors (Lipinski definition) is 2. The zero-order chi connectivity index (χ0) is 12.1. The normalized spacial score (nSPS) is 17.6. The van der Waals surface area contributed by atoms with Crippen molar-refractivity contribution in [1.29, 1.82) is 0 Å². The molecule has 0 aromatic heterocycles. The van der Waals surface area contributed by atoms with E-state index in [-0.39, 0.29) is 0 Å². The Balaban J connectivity index is 1.82. The van der Waals surface area contributed by atoms with Gasteiger partial charge in [0.05, 0.1) is 0 Å². The summed E-state index contributed by atoms with van der Waals surface area (Å²) in [5.74, 6) is 0.869. The molecule has 1 N–H and O–H groups in total. The Morgan fingerprint density at radius 3 is 2.82 bits per heavy atom. The number of nitrogens with zero attached hydrogens (tertiary/aromatic N) is 1. The summed E-state index contributed by atoms with van der Waals surface area (Å²) in [4.78, 5) is 2.44. The van der Waals surface area contributed by atoms with Crippen LogP contribution in [-0.4, -0.2) is 31.6 Å². The Morgan fingerprint density at radius 1 is 1.35 bits per heavy atom. The highest BCUT2D eigenvalue weighted by Gasteiger charge is 2.14. The van der Waals surface area contributed by atoms with Gasteiger partial charge in [-0.2, -0.15) is 0 Å². The van der Waals surface area contributed by atoms with E-state index in [0.29, 0.717) is 0 Å². The first-order valence-electron chi connectivity index (χ1n) is 6.38. The van der Waals surface area contributed by atoms with E-state index in [2.05, 4.69) is 57.5 Å². The quantitative estimate of drug-likeness (QED) is 0.919. The van der Waals surface area contributed by atoms with Gasteiger partial charge in [-0.05, 0) is 56.6 Å². The molecule has 0 saturated carbocycles.